The fourth-order valence-corrected chi connectivity index (χ4v) is 2.52. The molecule has 100 valence electrons. The van der Waals surface area contributed by atoms with Gasteiger partial charge in [0.1, 0.15) is 5.82 Å². The molecule has 0 aliphatic carbocycles. The molecule has 1 aromatic carbocycles. The Hall–Kier alpha value is -1.13. The van der Waals surface area contributed by atoms with Crippen molar-refractivity contribution < 1.29 is 4.39 Å². The van der Waals surface area contributed by atoms with Gasteiger partial charge in [-0.3, -0.25) is 0 Å². The van der Waals surface area contributed by atoms with Crippen LogP contribution in [0.3, 0.4) is 0 Å². The van der Waals surface area contributed by atoms with Crippen molar-refractivity contribution in [3.05, 3.63) is 30.1 Å². The summed E-state index contributed by atoms with van der Waals surface area (Å²) >= 11 is 0. The quantitative estimate of drug-likeness (QED) is 0.879. The van der Waals surface area contributed by atoms with Crippen LogP contribution in [0, 0.1) is 5.82 Å². The molecule has 0 radical (unpaired) electrons. The second kappa shape index (κ2) is 5.67. The summed E-state index contributed by atoms with van der Waals surface area (Å²) in [6.45, 7) is 4.81. The summed E-state index contributed by atoms with van der Waals surface area (Å²) in [5.74, 6) is -0.129. The summed E-state index contributed by atoms with van der Waals surface area (Å²) in [6.07, 6.45) is 0. The molecule has 0 amide bonds. The van der Waals surface area contributed by atoms with E-state index in [0.717, 1.165) is 25.3 Å². The molecule has 3 nitrogen and oxygen atoms in total. The lowest BCUT2D eigenvalue weighted by Gasteiger charge is -2.42. The topological polar surface area (TPSA) is 18.5 Å². The number of hydrogen-bond donors (Lipinski definition) is 1. The van der Waals surface area contributed by atoms with Gasteiger partial charge in [-0.1, -0.05) is 12.1 Å². The molecule has 1 fully saturated rings. The Morgan fingerprint density at radius 3 is 2.78 bits per heavy atom. The molecule has 18 heavy (non-hydrogen) atoms. The first-order valence-corrected chi connectivity index (χ1v) is 6.47. The average molecular weight is 251 g/mol. The van der Waals surface area contributed by atoms with Gasteiger partial charge < -0.3 is 15.1 Å². The molecular formula is C14H22FN3. The van der Waals surface area contributed by atoms with E-state index in [9.17, 15) is 4.39 Å². The first-order chi connectivity index (χ1) is 8.58. The van der Waals surface area contributed by atoms with Crippen molar-refractivity contribution in [2.24, 2.45) is 0 Å². The van der Waals surface area contributed by atoms with Gasteiger partial charge in [-0.25, -0.2) is 4.39 Å². The highest BCUT2D eigenvalue weighted by molar-refractivity contribution is 5.49. The largest absolute Gasteiger partial charge is 0.362 e. The summed E-state index contributed by atoms with van der Waals surface area (Å²) in [5, 5.41) is 3.47. The van der Waals surface area contributed by atoms with Crippen molar-refractivity contribution in [3.63, 3.8) is 0 Å². The Kier molecular flexibility index (Phi) is 4.19. The molecular weight excluding hydrogens is 229 g/mol. The maximum Gasteiger partial charge on any atom is 0.146 e. The van der Waals surface area contributed by atoms with Crippen LogP contribution in [0.15, 0.2) is 24.3 Å². The van der Waals surface area contributed by atoms with Gasteiger partial charge >= 0.3 is 0 Å². The van der Waals surface area contributed by atoms with Crippen LogP contribution in [-0.2, 0) is 0 Å². The van der Waals surface area contributed by atoms with E-state index in [0.29, 0.717) is 12.1 Å². The third-order valence-corrected chi connectivity index (χ3v) is 3.35. The molecule has 1 saturated heterocycles. The van der Waals surface area contributed by atoms with Crippen LogP contribution in [0.2, 0.25) is 0 Å². The standard InChI is InChI=1S/C14H22FN3/c1-11-9-18(12(8-16-11)10-17(2)3)14-7-5-4-6-13(14)15/h4-7,11-12,16H,8-10H2,1-3H3. The molecule has 0 spiro atoms. The molecule has 1 aromatic rings. The van der Waals surface area contributed by atoms with Gasteiger partial charge in [-0.15, -0.1) is 0 Å². The average Bonchev–Trinajstić information content (AvgIpc) is 2.32. The summed E-state index contributed by atoms with van der Waals surface area (Å²) in [5.41, 5.74) is 0.720. The summed E-state index contributed by atoms with van der Waals surface area (Å²) in [7, 11) is 4.11. The maximum absolute atomic E-state index is 13.9. The number of benzene rings is 1. The Bertz CT molecular complexity index is 394. The monoisotopic (exact) mass is 251 g/mol. The lowest BCUT2D eigenvalue weighted by Crippen LogP contribution is -2.58. The van der Waals surface area contributed by atoms with Gasteiger partial charge in [0, 0.05) is 25.7 Å². The van der Waals surface area contributed by atoms with Gasteiger partial charge in [0.05, 0.1) is 11.7 Å². The van der Waals surface area contributed by atoms with Gasteiger partial charge in [0.15, 0.2) is 0 Å². The fraction of sp³-hybridized carbons (Fsp3) is 0.571. The van der Waals surface area contributed by atoms with Gasteiger partial charge in [0.2, 0.25) is 0 Å². The Morgan fingerprint density at radius 2 is 2.11 bits per heavy atom. The predicted molar refractivity (Wildman–Crippen MR) is 73.6 cm³/mol. The summed E-state index contributed by atoms with van der Waals surface area (Å²) in [6, 6.07) is 7.75. The molecule has 1 aliphatic rings. The number of nitrogens with zero attached hydrogens (tertiary/aromatic N) is 2. The van der Waals surface area contributed by atoms with E-state index in [2.05, 4.69) is 36.1 Å². The van der Waals surface area contributed by atoms with Crippen molar-refractivity contribution >= 4 is 5.69 Å². The Balaban J connectivity index is 2.22. The molecule has 1 aliphatic heterocycles. The number of rotatable bonds is 3. The van der Waals surface area contributed by atoms with Crippen molar-refractivity contribution in [2.75, 3.05) is 38.6 Å². The Morgan fingerprint density at radius 1 is 1.39 bits per heavy atom. The third kappa shape index (κ3) is 3.00. The number of likely N-dealkylation sites (N-methyl/N-ethyl adjacent to an activating group) is 1. The predicted octanol–water partition coefficient (Wildman–Crippen LogP) is 1.55. The molecule has 1 heterocycles. The van der Waals surface area contributed by atoms with Gasteiger partial charge in [-0.05, 0) is 33.2 Å². The highest BCUT2D eigenvalue weighted by Crippen LogP contribution is 2.23. The number of hydrogen-bond acceptors (Lipinski definition) is 3. The number of para-hydroxylation sites is 1. The van der Waals surface area contributed by atoms with Gasteiger partial charge in [-0.2, -0.15) is 0 Å². The van der Waals surface area contributed by atoms with E-state index in [-0.39, 0.29) is 5.82 Å². The first kappa shape index (κ1) is 13.3. The molecule has 0 saturated carbocycles. The van der Waals surface area contributed by atoms with E-state index in [1.807, 2.05) is 12.1 Å². The van der Waals surface area contributed by atoms with Crippen molar-refractivity contribution in [3.8, 4) is 0 Å². The highest BCUT2D eigenvalue weighted by Gasteiger charge is 2.27. The normalized spacial score (nSPS) is 24.6. The number of halogens is 1. The van der Waals surface area contributed by atoms with E-state index in [4.69, 9.17) is 0 Å². The number of piperazine rings is 1. The third-order valence-electron chi connectivity index (χ3n) is 3.35. The molecule has 1 N–H and O–H groups in total. The molecule has 4 heteroatoms. The van der Waals surface area contributed by atoms with Crippen LogP contribution >= 0.6 is 0 Å². The van der Waals surface area contributed by atoms with Crippen LogP contribution in [0.1, 0.15) is 6.92 Å². The summed E-state index contributed by atoms with van der Waals surface area (Å²) in [4.78, 5) is 4.34. The van der Waals surface area contributed by atoms with Crippen molar-refractivity contribution in [2.45, 2.75) is 19.0 Å². The molecule has 2 rings (SSSR count). The van der Waals surface area contributed by atoms with Crippen LogP contribution in [-0.4, -0.2) is 50.7 Å². The van der Waals surface area contributed by atoms with Crippen LogP contribution in [0.25, 0.3) is 0 Å². The van der Waals surface area contributed by atoms with Crippen molar-refractivity contribution in [1.29, 1.82) is 0 Å². The lowest BCUT2D eigenvalue weighted by molar-refractivity contribution is 0.315. The molecule has 0 aromatic heterocycles. The van der Waals surface area contributed by atoms with Crippen molar-refractivity contribution in [1.82, 2.24) is 10.2 Å². The zero-order chi connectivity index (χ0) is 13.1. The molecule has 2 atom stereocenters. The minimum atomic E-state index is -0.129. The van der Waals surface area contributed by atoms with Crippen LogP contribution in [0.4, 0.5) is 10.1 Å². The second-order valence-corrected chi connectivity index (χ2v) is 5.33. The maximum atomic E-state index is 13.9. The second-order valence-electron chi connectivity index (χ2n) is 5.33. The molecule has 2 unspecified atom stereocenters. The number of anilines is 1. The zero-order valence-electron chi connectivity index (χ0n) is 11.4. The Labute approximate surface area is 109 Å². The van der Waals surface area contributed by atoms with E-state index in [1.165, 1.54) is 6.07 Å². The number of nitrogens with one attached hydrogen (secondary N) is 1. The smallest absolute Gasteiger partial charge is 0.146 e. The lowest BCUT2D eigenvalue weighted by atomic mass is 10.1. The van der Waals surface area contributed by atoms with Gasteiger partial charge in [0.25, 0.3) is 0 Å². The minimum absolute atomic E-state index is 0.129. The summed E-state index contributed by atoms with van der Waals surface area (Å²) < 4.78 is 13.9. The van der Waals surface area contributed by atoms with E-state index >= 15 is 0 Å². The minimum Gasteiger partial charge on any atom is -0.362 e. The fourth-order valence-electron chi connectivity index (χ4n) is 2.52. The van der Waals surface area contributed by atoms with E-state index < -0.39 is 0 Å². The van der Waals surface area contributed by atoms with Crippen LogP contribution < -0.4 is 10.2 Å². The van der Waals surface area contributed by atoms with Crippen LogP contribution in [0.5, 0.6) is 0 Å². The highest BCUT2D eigenvalue weighted by atomic mass is 19.1. The van der Waals surface area contributed by atoms with E-state index in [1.54, 1.807) is 6.07 Å². The zero-order valence-corrected chi connectivity index (χ0v) is 11.4. The SMILES string of the molecule is CC1CN(c2ccccc2F)C(CN(C)C)CN1. The molecule has 0 bridgehead atoms. The first-order valence-electron chi connectivity index (χ1n) is 6.47.